The van der Waals surface area contributed by atoms with Gasteiger partial charge < -0.3 is 5.73 Å². The largest absolute Gasteiger partial charge is 0.398 e. The number of hydrogen-bond donors (Lipinski definition) is 1. The standard InChI is InChI=1S/C12H18ClN.ClH/c1-7(2)10-5-9(13)6-11(8(3)4)12(10)14;/h5-8H,14H2,1-4H3;1H. The molecule has 3 heteroatoms. The number of nitrogens with two attached hydrogens (primary N) is 1. The lowest BCUT2D eigenvalue weighted by Gasteiger charge is -2.16. The Balaban J connectivity index is 0.00000196. The fourth-order valence-corrected chi connectivity index (χ4v) is 1.85. The molecule has 86 valence electrons. The minimum Gasteiger partial charge on any atom is -0.398 e. The molecule has 2 N–H and O–H groups in total. The quantitative estimate of drug-likeness (QED) is 0.761. The summed E-state index contributed by atoms with van der Waals surface area (Å²) in [6.45, 7) is 8.52. The minimum absolute atomic E-state index is 0. The lowest BCUT2D eigenvalue weighted by Crippen LogP contribution is -2.02. The van der Waals surface area contributed by atoms with Gasteiger partial charge in [-0.25, -0.2) is 0 Å². The van der Waals surface area contributed by atoms with Crippen LogP contribution in [0.4, 0.5) is 5.69 Å². The maximum atomic E-state index is 6.10. The summed E-state index contributed by atoms with van der Waals surface area (Å²) in [7, 11) is 0. The molecule has 0 radical (unpaired) electrons. The van der Waals surface area contributed by atoms with E-state index in [9.17, 15) is 0 Å². The van der Waals surface area contributed by atoms with Crippen molar-refractivity contribution in [3.8, 4) is 0 Å². The monoisotopic (exact) mass is 247 g/mol. The lowest BCUT2D eigenvalue weighted by atomic mass is 9.93. The molecular formula is C12H19Cl2N. The summed E-state index contributed by atoms with van der Waals surface area (Å²) in [5.41, 5.74) is 9.31. The maximum Gasteiger partial charge on any atom is 0.0413 e. The van der Waals surface area contributed by atoms with Crippen molar-refractivity contribution in [2.24, 2.45) is 0 Å². The van der Waals surface area contributed by atoms with Crippen molar-refractivity contribution >= 4 is 29.7 Å². The molecular weight excluding hydrogens is 229 g/mol. The van der Waals surface area contributed by atoms with Gasteiger partial charge in [0.1, 0.15) is 0 Å². The molecule has 0 aliphatic rings. The van der Waals surface area contributed by atoms with Crippen LogP contribution in [-0.2, 0) is 0 Å². The van der Waals surface area contributed by atoms with Gasteiger partial charge in [0.05, 0.1) is 0 Å². The highest BCUT2D eigenvalue weighted by Gasteiger charge is 2.12. The number of benzene rings is 1. The van der Waals surface area contributed by atoms with Crippen LogP contribution in [0.1, 0.15) is 50.7 Å². The molecule has 0 spiro atoms. The highest BCUT2D eigenvalue weighted by Crippen LogP contribution is 2.32. The fraction of sp³-hybridized carbons (Fsp3) is 0.500. The molecule has 0 aliphatic heterocycles. The molecule has 0 heterocycles. The van der Waals surface area contributed by atoms with Crippen molar-refractivity contribution in [1.29, 1.82) is 0 Å². The van der Waals surface area contributed by atoms with Crippen LogP contribution in [0.15, 0.2) is 12.1 Å². The molecule has 0 amide bonds. The zero-order chi connectivity index (χ0) is 10.9. The Kier molecular flexibility index (Phi) is 5.47. The first-order valence-electron chi connectivity index (χ1n) is 5.02. The van der Waals surface area contributed by atoms with Gasteiger partial charge in [-0.2, -0.15) is 0 Å². The third kappa shape index (κ3) is 3.29. The zero-order valence-corrected chi connectivity index (χ0v) is 11.2. The van der Waals surface area contributed by atoms with Crippen LogP contribution in [0.25, 0.3) is 0 Å². The van der Waals surface area contributed by atoms with Crippen molar-refractivity contribution in [3.63, 3.8) is 0 Å². The first-order chi connectivity index (χ1) is 6.43. The van der Waals surface area contributed by atoms with Gasteiger partial charge in [0.15, 0.2) is 0 Å². The van der Waals surface area contributed by atoms with Gasteiger partial charge in [0.2, 0.25) is 0 Å². The van der Waals surface area contributed by atoms with Crippen LogP contribution in [0.2, 0.25) is 5.02 Å². The molecule has 15 heavy (non-hydrogen) atoms. The Labute approximate surface area is 103 Å². The molecule has 1 rings (SSSR count). The highest BCUT2D eigenvalue weighted by atomic mass is 35.5. The van der Waals surface area contributed by atoms with E-state index in [2.05, 4.69) is 27.7 Å². The van der Waals surface area contributed by atoms with Gasteiger partial charge in [0, 0.05) is 10.7 Å². The van der Waals surface area contributed by atoms with Gasteiger partial charge in [-0.3, -0.25) is 0 Å². The van der Waals surface area contributed by atoms with Crippen molar-refractivity contribution in [1.82, 2.24) is 0 Å². The highest BCUT2D eigenvalue weighted by molar-refractivity contribution is 6.30. The third-order valence-corrected chi connectivity index (χ3v) is 2.67. The van der Waals surface area contributed by atoms with Gasteiger partial charge in [0.25, 0.3) is 0 Å². The van der Waals surface area contributed by atoms with Gasteiger partial charge in [-0.05, 0) is 35.1 Å². The van der Waals surface area contributed by atoms with E-state index in [0.29, 0.717) is 11.8 Å². The molecule has 0 aliphatic carbocycles. The molecule has 1 aromatic carbocycles. The number of hydrogen-bond acceptors (Lipinski definition) is 1. The summed E-state index contributed by atoms with van der Waals surface area (Å²) in [5, 5.41) is 0.784. The third-order valence-electron chi connectivity index (χ3n) is 2.45. The second-order valence-electron chi connectivity index (χ2n) is 4.31. The van der Waals surface area contributed by atoms with Crippen molar-refractivity contribution in [3.05, 3.63) is 28.3 Å². The van der Waals surface area contributed by atoms with Crippen LogP contribution in [-0.4, -0.2) is 0 Å². The maximum absolute atomic E-state index is 6.10. The molecule has 1 nitrogen and oxygen atoms in total. The summed E-state index contributed by atoms with van der Waals surface area (Å²) in [6.07, 6.45) is 0. The number of nitrogen functional groups attached to an aromatic ring is 1. The van der Waals surface area contributed by atoms with Crippen molar-refractivity contribution in [2.75, 3.05) is 5.73 Å². The SMILES string of the molecule is CC(C)c1cc(Cl)cc(C(C)C)c1N.Cl. The Bertz CT molecular complexity index is 303. The van der Waals surface area contributed by atoms with Crippen LogP contribution in [0.3, 0.4) is 0 Å². The van der Waals surface area contributed by atoms with Gasteiger partial charge in [-0.15, -0.1) is 12.4 Å². The topological polar surface area (TPSA) is 26.0 Å². The first-order valence-corrected chi connectivity index (χ1v) is 5.40. The lowest BCUT2D eigenvalue weighted by molar-refractivity contribution is 0.840. The number of anilines is 1. The summed E-state index contributed by atoms with van der Waals surface area (Å²) < 4.78 is 0. The summed E-state index contributed by atoms with van der Waals surface area (Å²) in [4.78, 5) is 0. The molecule has 0 bridgehead atoms. The Hall–Kier alpha value is -0.400. The summed E-state index contributed by atoms with van der Waals surface area (Å²) in [5.74, 6) is 0.845. The van der Waals surface area contributed by atoms with E-state index in [-0.39, 0.29) is 12.4 Å². The molecule has 0 aromatic heterocycles. The average molecular weight is 248 g/mol. The molecule has 0 fully saturated rings. The minimum atomic E-state index is 0. The van der Waals surface area contributed by atoms with E-state index in [1.807, 2.05) is 12.1 Å². The fourth-order valence-electron chi connectivity index (χ4n) is 1.62. The predicted molar refractivity (Wildman–Crippen MR) is 71.3 cm³/mol. The Morgan fingerprint density at radius 3 is 1.60 bits per heavy atom. The van der Waals surface area contributed by atoms with E-state index >= 15 is 0 Å². The van der Waals surface area contributed by atoms with Crippen LogP contribution in [0.5, 0.6) is 0 Å². The van der Waals surface area contributed by atoms with Crippen LogP contribution < -0.4 is 5.73 Å². The second-order valence-corrected chi connectivity index (χ2v) is 4.74. The van der Waals surface area contributed by atoms with Gasteiger partial charge >= 0.3 is 0 Å². The molecule has 1 aromatic rings. The van der Waals surface area contributed by atoms with Gasteiger partial charge in [-0.1, -0.05) is 39.3 Å². The molecule has 0 saturated carbocycles. The molecule has 0 atom stereocenters. The van der Waals surface area contributed by atoms with E-state index in [0.717, 1.165) is 21.8 Å². The number of rotatable bonds is 2. The van der Waals surface area contributed by atoms with Crippen LogP contribution in [0, 0.1) is 0 Å². The Morgan fingerprint density at radius 2 is 1.33 bits per heavy atom. The number of halogens is 2. The predicted octanol–water partition coefficient (Wildman–Crippen LogP) is 4.59. The average Bonchev–Trinajstić information content (AvgIpc) is 2.07. The van der Waals surface area contributed by atoms with Crippen LogP contribution >= 0.6 is 24.0 Å². The molecule has 0 unspecified atom stereocenters. The smallest absolute Gasteiger partial charge is 0.0413 e. The normalized spacial score (nSPS) is 10.6. The van der Waals surface area contributed by atoms with Crippen molar-refractivity contribution in [2.45, 2.75) is 39.5 Å². The summed E-state index contributed by atoms with van der Waals surface area (Å²) >= 11 is 6.05. The van der Waals surface area contributed by atoms with Crippen molar-refractivity contribution < 1.29 is 0 Å². The van der Waals surface area contributed by atoms with E-state index in [4.69, 9.17) is 17.3 Å². The van der Waals surface area contributed by atoms with E-state index in [1.54, 1.807) is 0 Å². The zero-order valence-electron chi connectivity index (χ0n) is 9.67. The van der Waals surface area contributed by atoms with E-state index in [1.165, 1.54) is 0 Å². The Morgan fingerprint density at radius 1 is 1.00 bits per heavy atom. The second kappa shape index (κ2) is 5.62. The first kappa shape index (κ1) is 14.6. The molecule has 0 saturated heterocycles. The van der Waals surface area contributed by atoms with E-state index < -0.39 is 0 Å². The summed E-state index contributed by atoms with van der Waals surface area (Å²) in [6, 6.07) is 3.93.